The van der Waals surface area contributed by atoms with Crippen LogP contribution in [0.2, 0.25) is 0 Å². The first kappa shape index (κ1) is 14.4. The molecule has 0 fully saturated rings. The van der Waals surface area contributed by atoms with Crippen LogP contribution in [0.4, 0.5) is 5.82 Å². The molecule has 20 heavy (non-hydrogen) atoms. The number of nitrogens with zero attached hydrogens (tertiary/aromatic N) is 2. The molecule has 0 saturated heterocycles. The largest absolute Gasteiger partial charge is 0.308 e. The highest BCUT2D eigenvalue weighted by atomic mass is 32.2. The lowest BCUT2D eigenvalue weighted by atomic mass is 10.2. The summed E-state index contributed by atoms with van der Waals surface area (Å²) in [7, 11) is -3.56. The zero-order valence-electron chi connectivity index (χ0n) is 10.7. The van der Waals surface area contributed by atoms with Crippen molar-refractivity contribution in [3.63, 3.8) is 0 Å². The summed E-state index contributed by atoms with van der Waals surface area (Å²) in [5, 5.41) is 0. The van der Waals surface area contributed by atoms with Gasteiger partial charge >= 0.3 is 0 Å². The van der Waals surface area contributed by atoms with E-state index in [1.807, 2.05) is 12.1 Å². The maximum Gasteiger partial charge on any atom is 0.240 e. The summed E-state index contributed by atoms with van der Waals surface area (Å²) in [5.74, 6) is 5.50. The molecule has 0 saturated carbocycles. The molecule has 2 rings (SSSR count). The van der Waals surface area contributed by atoms with Gasteiger partial charge in [-0.05, 0) is 30.2 Å². The summed E-state index contributed by atoms with van der Waals surface area (Å²) < 4.78 is 26.7. The number of pyridine rings is 2. The van der Waals surface area contributed by atoms with Gasteiger partial charge in [-0.25, -0.2) is 24.0 Å². The number of nitrogens with two attached hydrogens (primary N) is 1. The molecule has 2 heterocycles. The summed E-state index contributed by atoms with van der Waals surface area (Å²) in [6.07, 6.45) is 5.32. The van der Waals surface area contributed by atoms with Gasteiger partial charge in [-0.1, -0.05) is 0 Å². The van der Waals surface area contributed by atoms with Gasteiger partial charge in [0.15, 0.2) is 0 Å². The third kappa shape index (κ3) is 3.73. The van der Waals surface area contributed by atoms with E-state index >= 15 is 0 Å². The Labute approximate surface area is 117 Å². The van der Waals surface area contributed by atoms with Crippen molar-refractivity contribution in [3.8, 4) is 0 Å². The number of hydrogen-bond acceptors (Lipinski definition) is 6. The van der Waals surface area contributed by atoms with Crippen LogP contribution in [0.3, 0.4) is 0 Å². The van der Waals surface area contributed by atoms with E-state index in [1.54, 1.807) is 12.4 Å². The molecule has 0 unspecified atom stereocenters. The van der Waals surface area contributed by atoms with Gasteiger partial charge in [0.1, 0.15) is 5.82 Å². The summed E-state index contributed by atoms with van der Waals surface area (Å²) in [6.45, 7) is 0.306. The quantitative estimate of drug-likeness (QED) is 0.521. The number of rotatable bonds is 6. The van der Waals surface area contributed by atoms with E-state index in [0.717, 1.165) is 5.56 Å². The summed E-state index contributed by atoms with van der Waals surface area (Å²) in [6, 6.07) is 6.47. The average Bonchev–Trinajstić information content (AvgIpc) is 2.48. The van der Waals surface area contributed by atoms with Crippen LogP contribution in [0.15, 0.2) is 47.8 Å². The number of hydrogen-bond donors (Lipinski definition) is 3. The monoisotopic (exact) mass is 293 g/mol. The molecular formula is C12H15N5O2S. The molecule has 0 radical (unpaired) electrons. The number of nitrogen functional groups attached to an aromatic ring is 1. The van der Waals surface area contributed by atoms with Crippen molar-refractivity contribution in [2.75, 3.05) is 12.0 Å². The van der Waals surface area contributed by atoms with Crippen LogP contribution in [0.1, 0.15) is 5.56 Å². The zero-order valence-corrected chi connectivity index (χ0v) is 11.5. The van der Waals surface area contributed by atoms with Gasteiger partial charge in [0, 0.05) is 31.2 Å². The number of hydrazine groups is 1. The predicted molar refractivity (Wildman–Crippen MR) is 75.2 cm³/mol. The normalized spacial score (nSPS) is 11.2. The lowest BCUT2D eigenvalue weighted by molar-refractivity contribution is 0.581. The summed E-state index contributed by atoms with van der Waals surface area (Å²) in [4.78, 5) is 7.89. The summed E-state index contributed by atoms with van der Waals surface area (Å²) >= 11 is 0. The standard InChI is InChI=1S/C12H15N5O2S/c13-17-12-9-11(4-7-15-12)20(18,19)16-8-3-10-1-5-14-6-2-10/h1-2,4-7,9,16H,3,8,13H2,(H,15,17). The minimum Gasteiger partial charge on any atom is -0.308 e. The Bertz CT molecular complexity index is 661. The van der Waals surface area contributed by atoms with Gasteiger partial charge in [0.25, 0.3) is 0 Å². The van der Waals surface area contributed by atoms with Gasteiger partial charge < -0.3 is 5.43 Å². The molecule has 0 bridgehead atoms. The first-order valence-corrected chi connectivity index (χ1v) is 7.41. The van der Waals surface area contributed by atoms with E-state index in [4.69, 9.17) is 5.84 Å². The topological polar surface area (TPSA) is 110 Å². The van der Waals surface area contributed by atoms with Crippen molar-refractivity contribution in [3.05, 3.63) is 48.4 Å². The molecule has 0 aliphatic rings. The van der Waals surface area contributed by atoms with Crippen LogP contribution in [-0.4, -0.2) is 24.9 Å². The molecule has 4 N–H and O–H groups in total. The molecule has 0 aliphatic carbocycles. The Morgan fingerprint density at radius 3 is 2.60 bits per heavy atom. The van der Waals surface area contributed by atoms with Crippen molar-refractivity contribution in [2.24, 2.45) is 5.84 Å². The zero-order chi connectivity index (χ0) is 14.4. The van der Waals surface area contributed by atoms with Crippen molar-refractivity contribution in [1.82, 2.24) is 14.7 Å². The van der Waals surface area contributed by atoms with Crippen LogP contribution in [0, 0.1) is 0 Å². The van der Waals surface area contributed by atoms with Crippen LogP contribution in [-0.2, 0) is 16.4 Å². The lowest BCUT2D eigenvalue weighted by Crippen LogP contribution is -2.26. The number of nitrogens with one attached hydrogen (secondary N) is 2. The van der Waals surface area contributed by atoms with Gasteiger partial charge in [0.2, 0.25) is 10.0 Å². The minimum absolute atomic E-state index is 0.121. The SMILES string of the molecule is NNc1cc(S(=O)(=O)NCCc2ccncc2)ccn1. The Hall–Kier alpha value is -2.03. The maximum atomic E-state index is 12.1. The molecule has 8 heteroatoms. The van der Waals surface area contributed by atoms with Gasteiger partial charge in [0.05, 0.1) is 4.90 Å². The lowest BCUT2D eigenvalue weighted by Gasteiger charge is -2.07. The van der Waals surface area contributed by atoms with Crippen molar-refractivity contribution in [2.45, 2.75) is 11.3 Å². The predicted octanol–water partition coefficient (Wildman–Crippen LogP) is 0.283. The van der Waals surface area contributed by atoms with E-state index in [0.29, 0.717) is 18.8 Å². The molecule has 0 spiro atoms. The third-order valence-corrected chi connectivity index (χ3v) is 4.10. The Kier molecular flexibility index (Phi) is 4.61. The van der Waals surface area contributed by atoms with Crippen LogP contribution in [0.25, 0.3) is 0 Å². The van der Waals surface area contributed by atoms with Crippen molar-refractivity contribution >= 4 is 15.8 Å². The van der Waals surface area contributed by atoms with Crippen molar-refractivity contribution < 1.29 is 8.42 Å². The first-order chi connectivity index (χ1) is 9.62. The van der Waals surface area contributed by atoms with E-state index in [2.05, 4.69) is 20.1 Å². The second-order valence-corrected chi connectivity index (χ2v) is 5.79. The van der Waals surface area contributed by atoms with Crippen LogP contribution < -0.4 is 16.0 Å². The first-order valence-electron chi connectivity index (χ1n) is 5.93. The Morgan fingerprint density at radius 2 is 1.90 bits per heavy atom. The minimum atomic E-state index is -3.56. The maximum absolute atomic E-state index is 12.1. The smallest absolute Gasteiger partial charge is 0.240 e. The highest BCUT2D eigenvalue weighted by Crippen LogP contribution is 2.11. The highest BCUT2D eigenvalue weighted by Gasteiger charge is 2.14. The molecule has 106 valence electrons. The summed E-state index contributed by atoms with van der Waals surface area (Å²) in [5.41, 5.74) is 3.33. The fraction of sp³-hybridized carbons (Fsp3) is 0.167. The highest BCUT2D eigenvalue weighted by molar-refractivity contribution is 7.89. The number of aromatic nitrogens is 2. The third-order valence-electron chi connectivity index (χ3n) is 2.64. The number of sulfonamides is 1. The van der Waals surface area contributed by atoms with Crippen LogP contribution in [0.5, 0.6) is 0 Å². The van der Waals surface area contributed by atoms with E-state index < -0.39 is 10.0 Å². The van der Waals surface area contributed by atoms with Gasteiger partial charge in [-0.3, -0.25) is 4.98 Å². The molecule has 2 aromatic heterocycles. The number of anilines is 1. The fourth-order valence-electron chi connectivity index (χ4n) is 1.62. The Morgan fingerprint density at radius 1 is 1.15 bits per heavy atom. The molecular weight excluding hydrogens is 278 g/mol. The van der Waals surface area contributed by atoms with Crippen molar-refractivity contribution in [1.29, 1.82) is 0 Å². The van der Waals surface area contributed by atoms with Gasteiger partial charge in [-0.15, -0.1) is 0 Å². The molecule has 0 amide bonds. The average molecular weight is 293 g/mol. The molecule has 0 aromatic carbocycles. The van der Waals surface area contributed by atoms with Crippen LogP contribution >= 0.6 is 0 Å². The molecule has 7 nitrogen and oxygen atoms in total. The van der Waals surface area contributed by atoms with E-state index in [1.165, 1.54) is 18.3 Å². The van der Waals surface area contributed by atoms with E-state index in [-0.39, 0.29) is 4.90 Å². The van der Waals surface area contributed by atoms with Gasteiger partial charge in [-0.2, -0.15) is 0 Å². The second kappa shape index (κ2) is 6.42. The molecule has 0 atom stereocenters. The Balaban J connectivity index is 2.00. The second-order valence-electron chi connectivity index (χ2n) is 4.02. The van der Waals surface area contributed by atoms with E-state index in [9.17, 15) is 8.42 Å². The fourth-order valence-corrected chi connectivity index (χ4v) is 2.66. The molecule has 2 aromatic rings. The molecule has 0 aliphatic heterocycles.